The van der Waals surface area contributed by atoms with Crippen LogP contribution in [0.4, 0.5) is 13.2 Å². The predicted molar refractivity (Wildman–Crippen MR) is 140 cm³/mol. The molecule has 38 heavy (non-hydrogen) atoms. The molecule has 3 aromatic carbocycles. The number of carbonyl (C=O) groups is 1. The van der Waals surface area contributed by atoms with Gasteiger partial charge >= 0.3 is 5.97 Å². The maximum Gasteiger partial charge on any atom is 0.346 e. The Balaban J connectivity index is 1.43. The number of carbonyl (C=O) groups excluding carboxylic acids is 1. The normalized spacial score (nSPS) is 18.0. The molecule has 200 valence electrons. The van der Waals surface area contributed by atoms with Gasteiger partial charge in [0.1, 0.15) is 17.3 Å². The summed E-state index contributed by atoms with van der Waals surface area (Å²) in [6.45, 7) is 5.70. The molecule has 0 spiro atoms. The van der Waals surface area contributed by atoms with Crippen LogP contribution in [0.2, 0.25) is 0 Å². The van der Waals surface area contributed by atoms with E-state index in [1.54, 1.807) is 25.1 Å². The third-order valence-corrected chi connectivity index (χ3v) is 7.13. The van der Waals surface area contributed by atoms with Crippen LogP contribution in [0.15, 0.2) is 67.3 Å². The van der Waals surface area contributed by atoms with Crippen molar-refractivity contribution in [2.24, 2.45) is 5.92 Å². The third-order valence-electron chi connectivity index (χ3n) is 7.13. The second-order valence-corrected chi connectivity index (χ2v) is 9.66. The highest BCUT2D eigenvalue weighted by atomic mass is 19.2. The van der Waals surface area contributed by atoms with Crippen LogP contribution in [-0.2, 0) is 0 Å². The summed E-state index contributed by atoms with van der Waals surface area (Å²) >= 11 is 0. The van der Waals surface area contributed by atoms with E-state index in [1.807, 2.05) is 0 Å². The fraction of sp³-hybridized carbons (Fsp3) is 0.323. The number of aliphatic hydroxyl groups is 1. The first-order chi connectivity index (χ1) is 18.3. The Hall–Kier alpha value is -3.58. The summed E-state index contributed by atoms with van der Waals surface area (Å²) in [4.78, 5) is 12.5. The minimum Gasteiger partial charge on any atom is -0.493 e. The molecule has 0 aromatic heterocycles. The van der Waals surface area contributed by atoms with Gasteiger partial charge in [0, 0.05) is 11.6 Å². The fourth-order valence-corrected chi connectivity index (χ4v) is 4.89. The lowest BCUT2D eigenvalue weighted by Crippen LogP contribution is -2.23. The molecule has 0 aliphatic heterocycles. The molecule has 3 aromatic rings. The van der Waals surface area contributed by atoms with E-state index in [0.717, 1.165) is 18.9 Å². The highest BCUT2D eigenvalue weighted by molar-refractivity contribution is 5.91. The van der Waals surface area contributed by atoms with Crippen molar-refractivity contribution >= 4 is 5.97 Å². The van der Waals surface area contributed by atoms with E-state index >= 15 is 8.78 Å². The maximum absolute atomic E-state index is 15.1. The van der Waals surface area contributed by atoms with Crippen LogP contribution in [0.5, 0.6) is 11.5 Å². The SMILES string of the molecule is C=CCCOc1ccc(C(=O)Oc2ccc(-c3ccc(C4CCC(C(C)O)CC4)c(F)c3F)cc2)c(F)c1. The standard InChI is InChI=1S/C31H31F3O4/c1-3-4-17-37-24-13-14-27(28(32)18-24)31(36)38-23-11-9-22(10-12-23)26-16-15-25(29(33)30(26)34)21-7-5-20(6-8-21)19(2)35/h3,9-16,18-21,35H,1,4-8,17H2,2H3. The number of halogens is 3. The lowest BCUT2D eigenvalue weighted by Gasteiger charge is -2.30. The molecule has 1 fully saturated rings. The van der Waals surface area contributed by atoms with E-state index in [9.17, 15) is 14.3 Å². The van der Waals surface area contributed by atoms with Gasteiger partial charge in [-0.2, -0.15) is 0 Å². The number of hydrogen-bond donors (Lipinski definition) is 1. The minimum atomic E-state index is -0.928. The van der Waals surface area contributed by atoms with Crippen LogP contribution < -0.4 is 9.47 Å². The Kier molecular flexibility index (Phi) is 8.89. The zero-order valence-corrected chi connectivity index (χ0v) is 21.3. The molecule has 4 nitrogen and oxygen atoms in total. The highest BCUT2D eigenvalue weighted by Gasteiger charge is 2.28. The van der Waals surface area contributed by atoms with Crippen LogP contribution in [0.1, 0.15) is 60.9 Å². The summed E-state index contributed by atoms with van der Waals surface area (Å²) < 4.78 is 55.2. The summed E-state index contributed by atoms with van der Waals surface area (Å²) in [5.74, 6) is -2.91. The Morgan fingerprint density at radius 3 is 2.32 bits per heavy atom. The van der Waals surface area contributed by atoms with Gasteiger partial charge in [0.15, 0.2) is 11.6 Å². The van der Waals surface area contributed by atoms with Crippen molar-refractivity contribution in [3.63, 3.8) is 0 Å². The lowest BCUT2D eigenvalue weighted by atomic mass is 9.76. The topological polar surface area (TPSA) is 55.8 Å². The van der Waals surface area contributed by atoms with E-state index in [4.69, 9.17) is 9.47 Å². The molecule has 1 saturated carbocycles. The van der Waals surface area contributed by atoms with E-state index in [-0.39, 0.29) is 34.5 Å². The monoisotopic (exact) mass is 524 g/mol. The maximum atomic E-state index is 15.1. The zero-order valence-electron chi connectivity index (χ0n) is 21.3. The van der Waals surface area contributed by atoms with Crippen molar-refractivity contribution in [3.05, 3.63) is 95.8 Å². The molecule has 1 N–H and O–H groups in total. The minimum absolute atomic E-state index is 0.0801. The molecule has 1 unspecified atom stereocenters. The smallest absolute Gasteiger partial charge is 0.346 e. The molecular formula is C31H31F3O4. The van der Waals surface area contributed by atoms with Gasteiger partial charge in [0.2, 0.25) is 0 Å². The Bertz CT molecular complexity index is 1280. The Morgan fingerprint density at radius 1 is 1.00 bits per heavy atom. The van der Waals surface area contributed by atoms with Crippen molar-refractivity contribution < 1.29 is 32.5 Å². The molecule has 1 aliphatic carbocycles. The number of rotatable bonds is 9. The average Bonchev–Trinajstić information content (AvgIpc) is 2.91. The lowest BCUT2D eigenvalue weighted by molar-refractivity contribution is 0.0729. The Labute approximate surface area is 220 Å². The third kappa shape index (κ3) is 6.27. The van der Waals surface area contributed by atoms with Gasteiger partial charge in [-0.15, -0.1) is 6.58 Å². The predicted octanol–water partition coefficient (Wildman–Crippen LogP) is 7.60. The number of esters is 1. The highest BCUT2D eigenvalue weighted by Crippen LogP contribution is 2.40. The summed E-state index contributed by atoms with van der Waals surface area (Å²) in [6.07, 6.45) is 4.86. The molecule has 0 saturated heterocycles. The first kappa shape index (κ1) is 27.5. The molecule has 0 bridgehead atoms. The van der Waals surface area contributed by atoms with Gasteiger partial charge in [-0.1, -0.05) is 30.3 Å². The summed E-state index contributed by atoms with van der Waals surface area (Å²) in [6, 6.07) is 13.0. The summed E-state index contributed by atoms with van der Waals surface area (Å²) in [7, 11) is 0. The van der Waals surface area contributed by atoms with Gasteiger partial charge in [0.25, 0.3) is 0 Å². The van der Waals surface area contributed by atoms with Crippen molar-refractivity contribution in [3.8, 4) is 22.6 Å². The molecule has 7 heteroatoms. The molecule has 1 aliphatic rings. The van der Waals surface area contributed by atoms with Gasteiger partial charge in [-0.25, -0.2) is 18.0 Å². The van der Waals surface area contributed by atoms with Crippen molar-refractivity contribution in [2.75, 3.05) is 6.61 Å². The van der Waals surface area contributed by atoms with E-state index in [2.05, 4.69) is 6.58 Å². The first-order valence-electron chi connectivity index (χ1n) is 12.8. The average molecular weight is 525 g/mol. The largest absolute Gasteiger partial charge is 0.493 e. The van der Waals surface area contributed by atoms with Crippen LogP contribution in [0.3, 0.4) is 0 Å². The number of benzene rings is 3. The van der Waals surface area contributed by atoms with Crippen molar-refractivity contribution in [1.29, 1.82) is 0 Å². The number of hydrogen-bond acceptors (Lipinski definition) is 4. The van der Waals surface area contributed by atoms with Crippen LogP contribution >= 0.6 is 0 Å². The van der Waals surface area contributed by atoms with Crippen LogP contribution in [0, 0.1) is 23.4 Å². The van der Waals surface area contributed by atoms with Crippen LogP contribution in [0.25, 0.3) is 11.1 Å². The molecule has 0 heterocycles. The van der Waals surface area contributed by atoms with Crippen molar-refractivity contribution in [2.45, 2.75) is 51.0 Å². The van der Waals surface area contributed by atoms with Gasteiger partial charge in [-0.3, -0.25) is 0 Å². The molecular weight excluding hydrogens is 493 g/mol. The second kappa shape index (κ2) is 12.3. The van der Waals surface area contributed by atoms with Crippen molar-refractivity contribution in [1.82, 2.24) is 0 Å². The fourth-order valence-electron chi connectivity index (χ4n) is 4.89. The second-order valence-electron chi connectivity index (χ2n) is 9.66. The van der Waals surface area contributed by atoms with E-state index < -0.39 is 29.5 Å². The molecule has 4 rings (SSSR count). The van der Waals surface area contributed by atoms with Gasteiger partial charge < -0.3 is 14.6 Å². The van der Waals surface area contributed by atoms with Gasteiger partial charge in [-0.05, 0) is 86.3 Å². The first-order valence-corrected chi connectivity index (χ1v) is 12.8. The quantitative estimate of drug-likeness (QED) is 0.136. The summed E-state index contributed by atoms with van der Waals surface area (Å²) in [5, 5.41) is 9.79. The number of aliphatic hydroxyl groups excluding tert-OH is 1. The zero-order chi connectivity index (χ0) is 27.2. The number of ether oxygens (including phenoxy) is 2. The molecule has 0 radical (unpaired) electrons. The summed E-state index contributed by atoms with van der Waals surface area (Å²) in [5.41, 5.74) is 0.619. The van der Waals surface area contributed by atoms with E-state index in [0.29, 0.717) is 37.0 Å². The van der Waals surface area contributed by atoms with Gasteiger partial charge in [0.05, 0.1) is 18.3 Å². The Morgan fingerprint density at radius 2 is 1.68 bits per heavy atom. The molecule has 0 amide bonds. The molecule has 1 atom stereocenters. The van der Waals surface area contributed by atoms with E-state index in [1.165, 1.54) is 36.4 Å². The van der Waals surface area contributed by atoms with Crippen LogP contribution in [-0.4, -0.2) is 23.8 Å².